The molecule has 0 radical (unpaired) electrons. The first-order valence-corrected chi connectivity index (χ1v) is 5.16. The van der Waals surface area contributed by atoms with Gasteiger partial charge in [0.15, 0.2) is 0 Å². The zero-order valence-corrected chi connectivity index (χ0v) is 9.07. The molecule has 6 heteroatoms. The highest BCUT2D eigenvalue weighted by Crippen LogP contribution is 2.15. The Hall–Kier alpha value is -1.46. The molecule has 5 N–H and O–H groups in total. The number of nitrogens with two attached hydrogens (primary N) is 2. The number of guanidine groups is 1. The number of hydrazone groups is 1. The van der Waals surface area contributed by atoms with E-state index in [0.717, 1.165) is 32.5 Å². The van der Waals surface area contributed by atoms with E-state index in [4.69, 9.17) is 11.6 Å². The van der Waals surface area contributed by atoms with Crippen molar-refractivity contribution in [3.8, 4) is 0 Å². The van der Waals surface area contributed by atoms with Gasteiger partial charge < -0.3 is 21.8 Å². The Morgan fingerprint density at radius 2 is 2.13 bits per heavy atom. The predicted octanol–water partition coefficient (Wildman–Crippen LogP) is -0.977. The van der Waals surface area contributed by atoms with Crippen LogP contribution in [-0.2, 0) is 4.79 Å². The Balaban J connectivity index is 2.27. The van der Waals surface area contributed by atoms with Gasteiger partial charge in [-0.15, -0.1) is 5.10 Å². The van der Waals surface area contributed by atoms with Crippen molar-refractivity contribution >= 4 is 11.9 Å². The SMILES string of the molecule is CC(=O)NCC1CCN(C(N)=NN)CC1. The lowest BCUT2D eigenvalue weighted by atomic mass is 9.97. The van der Waals surface area contributed by atoms with Crippen molar-refractivity contribution in [2.45, 2.75) is 19.8 Å². The van der Waals surface area contributed by atoms with Gasteiger partial charge in [-0.2, -0.15) is 0 Å². The summed E-state index contributed by atoms with van der Waals surface area (Å²) < 4.78 is 0. The van der Waals surface area contributed by atoms with Crippen LogP contribution in [0, 0.1) is 5.92 Å². The Morgan fingerprint density at radius 3 is 2.60 bits per heavy atom. The molecule has 1 amide bonds. The molecular formula is C9H19N5O. The second-order valence-corrected chi connectivity index (χ2v) is 3.85. The summed E-state index contributed by atoms with van der Waals surface area (Å²) in [4.78, 5) is 12.7. The first-order valence-electron chi connectivity index (χ1n) is 5.16. The van der Waals surface area contributed by atoms with E-state index in [0.29, 0.717) is 11.9 Å². The molecule has 1 saturated heterocycles. The molecule has 15 heavy (non-hydrogen) atoms. The maximum Gasteiger partial charge on any atom is 0.216 e. The third kappa shape index (κ3) is 3.65. The fourth-order valence-corrected chi connectivity index (χ4v) is 1.74. The van der Waals surface area contributed by atoms with Crippen LogP contribution in [0.5, 0.6) is 0 Å². The highest BCUT2D eigenvalue weighted by Gasteiger charge is 2.20. The van der Waals surface area contributed by atoms with Crippen LogP contribution in [0.2, 0.25) is 0 Å². The van der Waals surface area contributed by atoms with Crippen molar-refractivity contribution in [3.63, 3.8) is 0 Å². The summed E-state index contributed by atoms with van der Waals surface area (Å²) in [5, 5.41) is 6.29. The van der Waals surface area contributed by atoms with E-state index in [9.17, 15) is 4.79 Å². The molecule has 0 aromatic heterocycles. The second-order valence-electron chi connectivity index (χ2n) is 3.85. The molecule has 0 saturated carbocycles. The number of nitrogens with one attached hydrogen (secondary N) is 1. The average Bonchev–Trinajstić information content (AvgIpc) is 2.26. The summed E-state index contributed by atoms with van der Waals surface area (Å²) in [5.74, 6) is 6.06. The normalized spacial score (nSPS) is 19.0. The third-order valence-corrected chi connectivity index (χ3v) is 2.71. The third-order valence-electron chi connectivity index (χ3n) is 2.71. The first-order chi connectivity index (χ1) is 7.13. The van der Waals surface area contributed by atoms with Crippen LogP contribution in [-0.4, -0.2) is 36.4 Å². The van der Waals surface area contributed by atoms with Gasteiger partial charge in [-0.1, -0.05) is 0 Å². The number of amides is 1. The molecule has 0 bridgehead atoms. The lowest BCUT2D eigenvalue weighted by Crippen LogP contribution is -2.45. The highest BCUT2D eigenvalue weighted by molar-refractivity contribution is 5.77. The first kappa shape index (κ1) is 11.6. The Morgan fingerprint density at radius 1 is 1.53 bits per heavy atom. The van der Waals surface area contributed by atoms with Crippen molar-refractivity contribution in [2.24, 2.45) is 22.6 Å². The summed E-state index contributed by atoms with van der Waals surface area (Å²) in [7, 11) is 0. The molecule has 1 heterocycles. The summed E-state index contributed by atoms with van der Waals surface area (Å²) in [5.41, 5.74) is 5.60. The van der Waals surface area contributed by atoms with Crippen LogP contribution < -0.4 is 16.9 Å². The Bertz CT molecular complexity index is 245. The molecule has 1 fully saturated rings. The van der Waals surface area contributed by atoms with Crippen LogP contribution in [0.1, 0.15) is 19.8 Å². The zero-order chi connectivity index (χ0) is 11.3. The quantitative estimate of drug-likeness (QED) is 0.238. The molecule has 1 aliphatic rings. The molecule has 0 unspecified atom stereocenters. The van der Waals surface area contributed by atoms with Gasteiger partial charge in [-0.25, -0.2) is 0 Å². The number of piperidine rings is 1. The van der Waals surface area contributed by atoms with Gasteiger partial charge >= 0.3 is 0 Å². The Kier molecular flexibility index (Phi) is 4.20. The van der Waals surface area contributed by atoms with Gasteiger partial charge in [0.2, 0.25) is 11.9 Å². The molecule has 0 atom stereocenters. The topological polar surface area (TPSA) is 96.7 Å². The molecule has 0 aliphatic carbocycles. The summed E-state index contributed by atoms with van der Waals surface area (Å²) in [6.07, 6.45) is 2.02. The molecule has 1 rings (SSSR count). The van der Waals surface area contributed by atoms with Crippen molar-refractivity contribution in [3.05, 3.63) is 0 Å². The van der Waals surface area contributed by atoms with Crippen molar-refractivity contribution in [1.82, 2.24) is 10.2 Å². The predicted molar refractivity (Wildman–Crippen MR) is 58.8 cm³/mol. The lowest BCUT2D eigenvalue weighted by molar-refractivity contribution is -0.119. The number of carbonyl (C=O) groups excluding carboxylic acids is 1. The summed E-state index contributed by atoms with van der Waals surface area (Å²) >= 11 is 0. The minimum atomic E-state index is 0.0282. The molecular weight excluding hydrogens is 194 g/mol. The number of likely N-dealkylation sites (tertiary alicyclic amines) is 1. The van der Waals surface area contributed by atoms with Gasteiger partial charge in [0, 0.05) is 26.6 Å². The lowest BCUT2D eigenvalue weighted by Gasteiger charge is -2.32. The zero-order valence-electron chi connectivity index (χ0n) is 9.07. The number of hydrogen-bond donors (Lipinski definition) is 3. The minimum Gasteiger partial charge on any atom is -0.368 e. The monoisotopic (exact) mass is 213 g/mol. The van der Waals surface area contributed by atoms with Crippen LogP contribution in [0.4, 0.5) is 0 Å². The van der Waals surface area contributed by atoms with Crippen molar-refractivity contribution in [2.75, 3.05) is 19.6 Å². The van der Waals surface area contributed by atoms with Gasteiger partial charge in [-0.3, -0.25) is 4.79 Å². The Labute approximate surface area is 89.7 Å². The van der Waals surface area contributed by atoms with Crippen molar-refractivity contribution < 1.29 is 4.79 Å². The number of hydrogen-bond acceptors (Lipinski definition) is 3. The van der Waals surface area contributed by atoms with Gasteiger partial charge in [0.05, 0.1) is 0 Å². The second kappa shape index (κ2) is 5.43. The molecule has 0 aromatic rings. The van der Waals surface area contributed by atoms with E-state index in [1.807, 2.05) is 4.90 Å². The van der Waals surface area contributed by atoms with E-state index in [1.165, 1.54) is 6.92 Å². The van der Waals surface area contributed by atoms with E-state index < -0.39 is 0 Å². The standard InChI is InChI=1S/C9H19N5O/c1-7(15)12-6-8-2-4-14(5-3-8)9(10)13-11/h8H,2-6,11H2,1H3,(H2,10,13)(H,12,15). The van der Waals surface area contributed by atoms with Crippen LogP contribution >= 0.6 is 0 Å². The van der Waals surface area contributed by atoms with E-state index in [-0.39, 0.29) is 5.91 Å². The summed E-state index contributed by atoms with van der Waals surface area (Å²) in [6, 6.07) is 0. The fourth-order valence-electron chi connectivity index (χ4n) is 1.74. The minimum absolute atomic E-state index is 0.0282. The number of nitrogens with zero attached hydrogens (tertiary/aromatic N) is 2. The average molecular weight is 213 g/mol. The maximum absolute atomic E-state index is 10.7. The van der Waals surface area contributed by atoms with Gasteiger partial charge in [0.25, 0.3) is 0 Å². The fraction of sp³-hybridized carbons (Fsp3) is 0.778. The molecule has 86 valence electrons. The molecule has 0 spiro atoms. The van der Waals surface area contributed by atoms with E-state index in [1.54, 1.807) is 0 Å². The maximum atomic E-state index is 10.7. The van der Waals surface area contributed by atoms with Gasteiger partial charge in [0.1, 0.15) is 0 Å². The highest BCUT2D eigenvalue weighted by atomic mass is 16.1. The summed E-state index contributed by atoms with van der Waals surface area (Å²) in [6.45, 7) is 4.00. The molecule has 6 nitrogen and oxygen atoms in total. The largest absolute Gasteiger partial charge is 0.368 e. The van der Waals surface area contributed by atoms with E-state index >= 15 is 0 Å². The molecule has 0 aromatic carbocycles. The van der Waals surface area contributed by atoms with Gasteiger partial charge in [-0.05, 0) is 18.8 Å². The van der Waals surface area contributed by atoms with Crippen LogP contribution in [0.25, 0.3) is 0 Å². The van der Waals surface area contributed by atoms with Crippen molar-refractivity contribution in [1.29, 1.82) is 0 Å². The van der Waals surface area contributed by atoms with Crippen LogP contribution in [0.3, 0.4) is 0 Å². The number of rotatable bonds is 2. The van der Waals surface area contributed by atoms with E-state index in [2.05, 4.69) is 10.4 Å². The smallest absolute Gasteiger partial charge is 0.216 e. The van der Waals surface area contributed by atoms with Crippen LogP contribution in [0.15, 0.2) is 5.10 Å². The number of carbonyl (C=O) groups is 1. The molecule has 1 aliphatic heterocycles.